The number of hydrogen-bond acceptors (Lipinski definition) is 2. The van der Waals surface area contributed by atoms with Crippen LogP contribution in [0.15, 0.2) is 22.7 Å². The van der Waals surface area contributed by atoms with Gasteiger partial charge in [-0.25, -0.2) is 0 Å². The summed E-state index contributed by atoms with van der Waals surface area (Å²) in [6.45, 7) is 9.19. The highest BCUT2D eigenvalue weighted by atomic mass is 79.9. The van der Waals surface area contributed by atoms with Gasteiger partial charge in [0.15, 0.2) is 0 Å². The first-order chi connectivity index (χ1) is 7.38. The van der Waals surface area contributed by atoms with Crippen LogP contribution in [0.5, 0.6) is 0 Å². The Bertz CT molecular complexity index is 389. The van der Waals surface area contributed by atoms with Crippen molar-refractivity contribution in [1.29, 1.82) is 0 Å². The lowest BCUT2D eigenvalue weighted by Crippen LogP contribution is -2.52. The van der Waals surface area contributed by atoms with Crippen molar-refractivity contribution in [3.63, 3.8) is 0 Å². The fraction of sp³-hybridized carbons (Fsp3) is 0.538. The molecule has 1 aromatic rings. The molecular formula is C13H19BrN2. The monoisotopic (exact) mass is 282 g/mol. The van der Waals surface area contributed by atoms with Crippen molar-refractivity contribution in [2.45, 2.75) is 20.8 Å². The van der Waals surface area contributed by atoms with Crippen LogP contribution in [0, 0.1) is 11.3 Å². The molecule has 0 unspecified atom stereocenters. The van der Waals surface area contributed by atoms with E-state index >= 15 is 0 Å². The highest BCUT2D eigenvalue weighted by molar-refractivity contribution is 9.10. The largest absolute Gasteiger partial charge is 0.399 e. The Labute approximate surface area is 106 Å². The molecule has 2 rings (SSSR count). The van der Waals surface area contributed by atoms with Crippen molar-refractivity contribution in [2.24, 2.45) is 11.3 Å². The van der Waals surface area contributed by atoms with Gasteiger partial charge in [0.2, 0.25) is 0 Å². The van der Waals surface area contributed by atoms with Gasteiger partial charge < -0.3 is 10.6 Å². The topological polar surface area (TPSA) is 29.3 Å². The molecule has 1 fully saturated rings. The lowest BCUT2D eigenvalue weighted by Gasteiger charge is -2.48. The third kappa shape index (κ3) is 2.19. The van der Waals surface area contributed by atoms with Gasteiger partial charge in [-0.05, 0) is 45.5 Å². The summed E-state index contributed by atoms with van der Waals surface area (Å²) in [6, 6.07) is 5.99. The van der Waals surface area contributed by atoms with E-state index in [1.54, 1.807) is 0 Å². The number of hydrogen-bond donors (Lipinski definition) is 1. The average molecular weight is 283 g/mol. The van der Waals surface area contributed by atoms with Crippen LogP contribution in [0.2, 0.25) is 0 Å². The number of nitrogens with zero attached hydrogens (tertiary/aromatic N) is 1. The maximum absolute atomic E-state index is 5.82. The molecule has 2 nitrogen and oxygen atoms in total. The van der Waals surface area contributed by atoms with Gasteiger partial charge in [0.1, 0.15) is 0 Å². The molecule has 0 radical (unpaired) electrons. The minimum Gasteiger partial charge on any atom is -0.399 e. The van der Waals surface area contributed by atoms with Gasteiger partial charge in [-0.15, -0.1) is 0 Å². The Morgan fingerprint density at radius 1 is 1.31 bits per heavy atom. The lowest BCUT2D eigenvalue weighted by molar-refractivity contribution is 0.195. The second-order valence-corrected chi connectivity index (χ2v) is 6.53. The van der Waals surface area contributed by atoms with E-state index in [1.807, 2.05) is 18.2 Å². The minimum atomic E-state index is 0.406. The van der Waals surface area contributed by atoms with E-state index in [2.05, 4.69) is 41.6 Å². The van der Waals surface area contributed by atoms with Crippen molar-refractivity contribution in [3.05, 3.63) is 22.7 Å². The van der Waals surface area contributed by atoms with Crippen LogP contribution in [0.1, 0.15) is 20.8 Å². The van der Waals surface area contributed by atoms with E-state index in [-0.39, 0.29) is 0 Å². The van der Waals surface area contributed by atoms with E-state index in [0.717, 1.165) is 29.2 Å². The molecule has 3 heteroatoms. The number of benzene rings is 1. The third-order valence-electron chi connectivity index (χ3n) is 3.42. The molecule has 88 valence electrons. The number of nitrogen functional groups attached to an aromatic ring is 1. The maximum Gasteiger partial charge on any atom is 0.0531 e. The summed E-state index contributed by atoms with van der Waals surface area (Å²) in [4.78, 5) is 2.39. The van der Waals surface area contributed by atoms with E-state index < -0.39 is 0 Å². The Morgan fingerprint density at radius 3 is 2.50 bits per heavy atom. The highest BCUT2D eigenvalue weighted by Gasteiger charge is 2.36. The van der Waals surface area contributed by atoms with E-state index in [0.29, 0.717) is 5.41 Å². The van der Waals surface area contributed by atoms with Crippen molar-refractivity contribution < 1.29 is 0 Å². The lowest BCUT2D eigenvalue weighted by atomic mass is 9.76. The standard InChI is InChI=1S/C13H19BrN2/c1-13(2,3)9-7-16(8-9)12-6-10(15)4-5-11(12)14/h4-6,9H,7-8,15H2,1-3H3. The maximum atomic E-state index is 5.82. The van der Waals surface area contributed by atoms with Crippen LogP contribution in [-0.4, -0.2) is 13.1 Å². The van der Waals surface area contributed by atoms with E-state index in [9.17, 15) is 0 Å². The van der Waals surface area contributed by atoms with Gasteiger partial charge in [0.25, 0.3) is 0 Å². The fourth-order valence-corrected chi connectivity index (χ4v) is 2.49. The number of nitrogens with two attached hydrogens (primary N) is 1. The molecule has 1 aromatic carbocycles. The summed E-state index contributed by atoms with van der Waals surface area (Å²) in [5, 5.41) is 0. The predicted molar refractivity (Wildman–Crippen MR) is 73.7 cm³/mol. The van der Waals surface area contributed by atoms with Crippen LogP contribution in [0.25, 0.3) is 0 Å². The molecule has 0 bridgehead atoms. The molecule has 0 aromatic heterocycles. The summed E-state index contributed by atoms with van der Waals surface area (Å²) in [5.41, 5.74) is 8.28. The molecule has 0 saturated carbocycles. The smallest absolute Gasteiger partial charge is 0.0531 e. The first-order valence-electron chi connectivity index (χ1n) is 5.68. The van der Waals surface area contributed by atoms with Crippen LogP contribution < -0.4 is 10.6 Å². The quantitative estimate of drug-likeness (QED) is 0.799. The average Bonchev–Trinajstić information content (AvgIpc) is 2.06. The molecule has 0 aliphatic carbocycles. The van der Waals surface area contributed by atoms with Crippen molar-refractivity contribution in [3.8, 4) is 0 Å². The summed E-state index contributed by atoms with van der Waals surface area (Å²) >= 11 is 3.58. The molecule has 0 spiro atoms. The summed E-state index contributed by atoms with van der Waals surface area (Å²) in [7, 11) is 0. The second-order valence-electron chi connectivity index (χ2n) is 5.68. The van der Waals surface area contributed by atoms with Crippen molar-refractivity contribution in [2.75, 3.05) is 23.7 Å². The second kappa shape index (κ2) is 3.95. The van der Waals surface area contributed by atoms with Gasteiger partial charge >= 0.3 is 0 Å². The summed E-state index contributed by atoms with van der Waals surface area (Å²) in [5.74, 6) is 0.779. The molecule has 0 atom stereocenters. The summed E-state index contributed by atoms with van der Waals surface area (Å²) in [6.07, 6.45) is 0. The fourth-order valence-electron chi connectivity index (χ4n) is 2.00. The van der Waals surface area contributed by atoms with Crippen molar-refractivity contribution >= 4 is 27.3 Å². The highest BCUT2D eigenvalue weighted by Crippen LogP contribution is 2.39. The molecule has 2 N–H and O–H groups in total. The molecule has 16 heavy (non-hydrogen) atoms. The van der Waals surface area contributed by atoms with Crippen LogP contribution in [-0.2, 0) is 0 Å². The minimum absolute atomic E-state index is 0.406. The zero-order chi connectivity index (χ0) is 11.9. The van der Waals surface area contributed by atoms with Gasteiger partial charge in [-0.1, -0.05) is 20.8 Å². The zero-order valence-corrected chi connectivity index (χ0v) is 11.7. The normalized spacial score (nSPS) is 17.4. The first-order valence-corrected chi connectivity index (χ1v) is 6.47. The van der Waals surface area contributed by atoms with Crippen LogP contribution >= 0.6 is 15.9 Å². The SMILES string of the molecule is CC(C)(C)C1CN(c2cc(N)ccc2Br)C1. The molecular weight excluding hydrogens is 264 g/mol. The molecule has 1 aliphatic heterocycles. The van der Waals surface area contributed by atoms with Gasteiger partial charge in [0, 0.05) is 23.2 Å². The zero-order valence-electron chi connectivity index (χ0n) is 10.1. The molecule has 0 amide bonds. The number of rotatable bonds is 1. The number of halogens is 1. The summed E-state index contributed by atoms with van der Waals surface area (Å²) < 4.78 is 1.13. The van der Waals surface area contributed by atoms with Gasteiger partial charge in [-0.2, -0.15) is 0 Å². The van der Waals surface area contributed by atoms with E-state index in [1.165, 1.54) is 5.69 Å². The van der Waals surface area contributed by atoms with Gasteiger partial charge in [0.05, 0.1) is 5.69 Å². The predicted octanol–water partition coefficient (Wildman–Crippen LogP) is 3.51. The van der Waals surface area contributed by atoms with Crippen LogP contribution in [0.3, 0.4) is 0 Å². The first kappa shape index (κ1) is 11.8. The third-order valence-corrected chi connectivity index (χ3v) is 4.09. The Kier molecular flexibility index (Phi) is 2.91. The number of anilines is 2. The van der Waals surface area contributed by atoms with Crippen molar-refractivity contribution in [1.82, 2.24) is 0 Å². The Balaban J connectivity index is 2.09. The molecule has 1 saturated heterocycles. The Morgan fingerprint density at radius 2 is 1.94 bits per heavy atom. The molecule has 1 aliphatic rings. The van der Waals surface area contributed by atoms with E-state index in [4.69, 9.17) is 5.73 Å². The molecule has 1 heterocycles. The van der Waals surface area contributed by atoms with Crippen LogP contribution in [0.4, 0.5) is 11.4 Å². The Hall–Kier alpha value is -0.700. The van der Waals surface area contributed by atoms with Gasteiger partial charge in [-0.3, -0.25) is 0 Å².